The Kier molecular flexibility index (Phi) is 9.40. The van der Waals surface area contributed by atoms with Gasteiger partial charge in [0.15, 0.2) is 0 Å². The second-order valence-corrected chi connectivity index (χ2v) is 12.9. The van der Waals surface area contributed by atoms with Gasteiger partial charge in [-0.1, -0.05) is 29.3 Å². The summed E-state index contributed by atoms with van der Waals surface area (Å²) in [4.78, 5) is 34.2. The van der Waals surface area contributed by atoms with Crippen LogP contribution in [0.1, 0.15) is 64.9 Å². The Balaban J connectivity index is 1.44. The topological polar surface area (TPSA) is 98.0 Å². The molecule has 218 valence electrons. The maximum absolute atomic E-state index is 13.8. The molecule has 1 aromatic carbocycles. The number of likely N-dealkylation sites (tertiary alicyclic amines) is 1. The molecule has 8 nitrogen and oxygen atoms in total. The molecule has 0 unspecified atom stereocenters. The first-order valence-electron chi connectivity index (χ1n) is 13.9. The van der Waals surface area contributed by atoms with E-state index in [9.17, 15) is 9.59 Å². The summed E-state index contributed by atoms with van der Waals surface area (Å²) in [5.41, 5.74) is 6.83. The number of nitrogens with two attached hydrogens (primary N) is 1. The van der Waals surface area contributed by atoms with Crippen LogP contribution in [0.2, 0.25) is 10.0 Å². The monoisotopic (exact) mass is 590 g/mol. The van der Waals surface area contributed by atoms with Crippen molar-refractivity contribution in [1.82, 2.24) is 14.8 Å². The fourth-order valence-electron chi connectivity index (χ4n) is 5.77. The summed E-state index contributed by atoms with van der Waals surface area (Å²) in [5.74, 6) is 0.620. The zero-order valence-corrected chi connectivity index (χ0v) is 25.4. The highest BCUT2D eigenvalue weighted by atomic mass is 35.5. The smallest absolute Gasteiger partial charge is 0.410 e. The quantitative estimate of drug-likeness (QED) is 0.417. The summed E-state index contributed by atoms with van der Waals surface area (Å²) in [6.07, 6.45) is 4.03. The third-order valence-corrected chi connectivity index (χ3v) is 8.73. The molecule has 4 rings (SSSR count). The maximum atomic E-state index is 13.8. The molecule has 2 aromatic rings. The summed E-state index contributed by atoms with van der Waals surface area (Å²) in [6.45, 7) is 8.74. The number of nitrogens with zero attached hydrogens (tertiary/aromatic N) is 3. The Morgan fingerprint density at radius 3 is 2.38 bits per heavy atom. The van der Waals surface area contributed by atoms with Gasteiger partial charge in [-0.3, -0.25) is 4.79 Å². The Bertz CT molecular complexity index is 1200. The van der Waals surface area contributed by atoms with E-state index >= 15 is 0 Å². The summed E-state index contributed by atoms with van der Waals surface area (Å²) < 4.78 is 11.7. The minimum atomic E-state index is -0.541. The second kappa shape index (κ2) is 12.4. The lowest BCUT2D eigenvalue weighted by atomic mass is 9.84. The van der Waals surface area contributed by atoms with E-state index in [-0.39, 0.29) is 41.9 Å². The molecule has 2 aliphatic rings. The molecule has 2 amide bonds. The van der Waals surface area contributed by atoms with Gasteiger partial charge in [0.05, 0.1) is 21.9 Å². The molecule has 1 aliphatic heterocycles. The van der Waals surface area contributed by atoms with Gasteiger partial charge in [0, 0.05) is 50.0 Å². The van der Waals surface area contributed by atoms with Gasteiger partial charge < -0.3 is 25.0 Å². The lowest BCUT2D eigenvalue weighted by Crippen LogP contribution is -2.44. The molecule has 1 aliphatic carbocycles. The largest absolute Gasteiger partial charge is 0.474 e. The van der Waals surface area contributed by atoms with Crippen molar-refractivity contribution in [2.45, 2.75) is 77.0 Å². The van der Waals surface area contributed by atoms with Crippen LogP contribution in [-0.2, 0) is 9.53 Å². The molecule has 0 bridgehead atoms. The molecule has 1 aromatic heterocycles. The zero-order chi connectivity index (χ0) is 29.2. The molecule has 1 saturated carbocycles. The third kappa shape index (κ3) is 7.32. The van der Waals surface area contributed by atoms with Crippen molar-refractivity contribution in [1.29, 1.82) is 0 Å². The third-order valence-electron chi connectivity index (χ3n) is 7.99. The van der Waals surface area contributed by atoms with Crippen LogP contribution in [0.15, 0.2) is 36.5 Å². The average Bonchev–Trinajstić information content (AvgIpc) is 3.35. The number of anilines is 1. The standard InChI is InChI=1S/C30H40Cl2N4O4/c1-18(39-27-13-9-21(33)15-34-27)23-16-36(17-24(23)20-8-12-25(31)26(32)14-20)28(37)19-6-10-22(11-7-19)35(5)29(38)40-30(2,3)4/h8-9,12-15,18-19,22-24H,6-7,10-11,16-17,33H2,1-5H3/t18-,19?,22?,23+,24+/m0/s1. The van der Waals surface area contributed by atoms with Crippen molar-refractivity contribution in [3.63, 3.8) is 0 Å². The normalized spacial score (nSPS) is 23.9. The first kappa shape index (κ1) is 30.3. The number of halogens is 2. The van der Waals surface area contributed by atoms with Crippen LogP contribution in [0, 0.1) is 11.8 Å². The highest BCUT2D eigenvalue weighted by Crippen LogP contribution is 2.40. The molecular formula is C30H40Cl2N4O4. The van der Waals surface area contributed by atoms with Crippen LogP contribution < -0.4 is 10.5 Å². The SMILES string of the molecule is C[C@H](Oc1ccc(N)cn1)[C@H]1CN(C(=O)C2CCC(N(C)C(=O)OC(C)(C)C)CC2)C[C@@H]1c1ccc(Cl)c(Cl)c1. The van der Waals surface area contributed by atoms with E-state index in [0.717, 1.165) is 31.2 Å². The molecule has 0 radical (unpaired) electrons. The predicted molar refractivity (Wildman–Crippen MR) is 158 cm³/mol. The number of nitrogen functional groups attached to an aromatic ring is 1. The summed E-state index contributed by atoms with van der Waals surface area (Å²) in [5, 5.41) is 0.986. The molecule has 1 saturated heterocycles. The van der Waals surface area contributed by atoms with Gasteiger partial charge in [-0.05, 0) is 77.1 Å². The molecule has 40 heavy (non-hydrogen) atoms. The molecule has 2 N–H and O–H groups in total. The average molecular weight is 592 g/mol. The molecule has 2 fully saturated rings. The summed E-state index contributed by atoms with van der Waals surface area (Å²) >= 11 is 12.6. The van der Waals surface area contributed by atoms with Crippen LogP contribution in [0.25, 0.3) is 0 Å². The number of carbonyl (C=O) groups is 2. The Morgan fingerprint density at radius 1 is 1.07 bits per heavy atom. The van der Waals surface area contributed by atoms with Crippen LogP contribution in [0.4, 0.5) is 10.5 Å². The lowest BCUT2D eigenvalue weighted by molar-refractivity contribution is -0.136. The lowest BCUT2D eigenvalue weighted by Gasteiger charge is -2.36. The van der Waals surface area contributed by atoms with Gasteiger partial charge in [0.25, 0.3) is 0 Å². The highest BCUT2D eigenvalue weighted by molar-refractivity contribution is 6.42. The first-order chi connectivity index (χ1) is 18.8. The van der Waals surface area contributed by atoms with Crippen LogP contribution >= 0.6 is 23.2 Å². The van der Waals surface area contributed by atoms with E-state index < -0.39 is 5.60 Å². The van der Waals surface area contributed by atoms with Crippen LogP contribution in [-0.4, -0.2) is 64.7 Å². The van der Waals surface area contributed by atoms with E-state index in [1.807, 2.05) is 44.7 Å². The van der Waals surface area contributed by atoms with E-state index in [1.54, 1.807) is 36.3 Å². The maximum Gasteiger partial charge on any atom is 0.410 e. The van der Waals surface area contributed by atoms with Gasteiger partial charge in [0.2, 0.25) is 11.8 Å². The van der Waals surface area contributed by atoms with E-state index in [1.165, 1.54) is 0 Å². The molecule has 10 heteroatoms. The highest BCUT2D eigenvalue weighted by Gasteiger charge is 2.43. The first-order valence-corrected chi connectivity index (χ1v) is 14.7. The minimum absolute atomic E-state index is 0.0233. The number of amides is 2. The zero-order valence-electron chi connectivity index (χ0n) is 23.9. The number of carbonyl (C=O) groups excluding carboxylic acids is 2. The molecule has 0 spiro atoms. The van der Waals surface area contributed by atoms with Gasteiger partial charge >= 0.3 is 6.09 Å². The molecule has 3 atom stereocenters. The van der Waals surface area contributed by atoms with Crippen molar-refractivity contribution < 1.29 is 19.1 Å². The van der Waals surface area contributed by atoms with Gasteiger partial charge in [0.1, 0.15) is 11.7 Å². The number of hydrogen-bond donors (Lipinski definition) is 1. The Morgan fingerprint density at radius 2 is 1.77 bits per heavy atom. The number of pyridine rings is 1. The van der Waals surface area contributed by atoms with Crippen LogP contribution in [0.5, 0.6) is 5.88 Å². The van der Waals surface area contributed by atoms with E-state index in [0.29, 0.717) is 34.7 Å². The van der Waals surface area contributed by atoms with E-state index in [2.05, 4.69) is 4.98 Å². The second-order valence-electron chi connectivity index (χ2n) is 12.0. The van der Waals surface area contributed by atoms with Gasteiger partial charge in [-0.2, -0.15) is 0 Å². The fraction of sp³-hybridized carbons (Fsp3) is 0.567. The summed E-state index contributed by atoms with van der Waals surface area (Å²) in [7, 11) is 1.78. The fourth-order valence-corrected chi connectivity index (χ4v) is 6.08. The molecule has 2 heterocycles. The van der Waals surface area contributed by atoms with E-state index in [4.69, 9.17) is 38.4 Å². The summed E-state index contributed by atoms with van der Waals surface area (Å²) in [6, 6.07) is 9.25. The van der Waals surface area contributed by atoms with Crippen molar-refractivity contribution in [3.8, 4) is 5.88 Å². The van der Waals surface area contributed by atoms with Crippen molar-refractivity contribution >= 4 is 40.9 Å². The minimum Gasteiger partial charge on any atom is -0.474 e. The van der Waals surface area contributed by atoms with Crippen LogP contribution in [0.3, 0.4) is 0 Å². The van der Waals surface area contributed by atoms with Crippen molar-refractivity contribution in [3.05, 3.63) is 52.1 Å². The number of ether oxygens (including phenoxy) is 2. The van der Waals surface area contributed by atoms with Gasteiger partial charge in [-0.15, -0.1) is 0 Å². The number of rotatable bonds is 6. The number of hydrogen-bond acceptors (Lipinski definition) is 6. The number of aromatic nitrogens is 1. The Labute approximate surface area is 247 Å². The van der Waals surface area contributed by atoms with Crippen molar-refractivity contribution in [2.24, 2.45) is 11.8 Å². The number of benzene rings is 1. The molecular weight excluding hydrogens is 551 g/mol. The predicted octanol–water partition coefficient (Wildman–Crippen LogP) is 6.41. The van der Waals surface area contributed by atoms with Gasteiger partial charge in [-0.25, -0.2) is 9.78 Å². The Hall–Kier alpha value is -2.71. The van der Waals surface area contributed by atoms with Crippen molar-refractivity contribution in [2.75, 3.05) is 25.9 Å².